The fourth-order valence-corrected chi connectivity index (χ4v) is 7.24. The number of allylic oxidation sites excluding steroid dienone is 2. The van der Waals surface area contributed by atoms with Crippen molar-refractivity contribution in [3.63, 3.8) is 0 Å². The van der Waals surface area contributed by atoms with E-state index in [1.165, 1.54) is 5.57 Å². The third-order valence-corrected chi connectivity index (χ3v) is 9.49. The van der Waals surface area contributed by atoms with Crippen molar-refractivity contribution >= 4 is 11.9 Å². The zero-order valence-electron chi connectivity index (χ0n) is 20.8. The van der Waals surface area contributed by atoms with Crippen molar-refractivity contribution in [3.8, 4) is 0 Å². The molecule has 5 nitrogen and oxygen atoms in total. The van der Waals surface area contributed by atoms with Gasteiger partial charge in [0.25, 0.3) is 0 Å². The number of hydrogen-bond acceptors (Lipinski definition) is 5. The van der Waals surface area contributed by atoms with Gasteiger partial charge in [-0.25, -0.2) is 0 Å². The molecule has 0 aromatic rings. The number of esters is 2. The number of fused-ring (bicyclic) bond motifs is 2. The second-order valence-electron chi connectivity index (χ2n) is 12.2. The molecule has 5 heteroatoms. The summed E-state index contributed by atoms with van der Waals surface area (Å²) in [7, 11) is 0. The van der Waals surface area contributed by atoms with Gasteiger partial charge < -0.3 is 14.6 Å². The molecule has 9 atom stereocenters. The van der Waals surface area contributed by atoms with Gasteiger partial charge in [-0.3, -0.25) is 9.59 Å². The summed E-state index contributed by atoms with van der Waals surface area (Å²) in [5.41, 5.74) is 2.23. The highest BCUT2D eigenvalue weighted by Crippen LogP contribution is 2.77. The molecule has 0 spiro atoms. The Balaban J connectivity index is 1.38. The van der Waals surface area contributed by atoms with Crippen LogP contribution in [0.1, 0.15) is 73.1 Å². The third kappa shape index (κ3) is 4.09. The van der Waals surface area contributed by atoms with Gasteiger partial charge in [0, 0.05) is 18.8 Å². The summed E-state index contributed by atoms with van der Waals surface area (Å²) in [6.45, 7) is 10.9. The Kier molecular flexibility index (Phi) is 5.78. The van der Waals surface area contributed by atoms with Gasteiger partial charge in [-0.2, -0.15) is 0 Å². The van der Waals surface area contributed by atoms with Crippen LogP contribution in [0.3, 0.4) is 0 Å². The largest absolute Gasteiger partial charge is 0.462 e. The molecule has 182 valence electrons. The third-order valence-electron chi connectivity index (χ3n) is 9.49. The molecule has 0 amide bonds. The molecule has 5 aliphatic rings. The van der Waals surface area contributed by atoms with E-state index in [9.17, 15) is 14.7 Å². The smallest absolute Gasteiger partial charge is 0.312 e. The average molecular weight is 457 g/mol. The van der Waals surface area contributed by atoms with Crippen LogP contribution < -0.4 is 0 Å². The molecule has 33 heavy (non-hydrogen) atoms. The van der Waals surface area contributed by atoms with Gasteiger partial charge in [0.05, 0.1) is 11.5 Å². The maximum Gasteiger partial charge on any atom is 0.312 e. The van der Waals surface area contributed by atoms with Crippen molar-refractivity contribution in [2.75, 3.05) is 0 Å². The Morgan fingerprint density at radius 2 is 1.94 bits per heavy atom. The Labute approximate surface area is 198 Å². The Morgan fingerprint density at radius 3 is 2.55 bits per heavy atom. The lowest BCUT2D eigenvalue weighted by Gasteiger charge is -2.46. The van der Waals surface area contributed by atoms with Crippen LogP contribution in [0, 0.1) is 46.8 Å². The van der Waals surface area contributed by atoms with E-state index in [0.29, 0.717) is 48.3 Å². The van der Waals surface area contributed by atoms with E-state index >= 15 is 0 Å². The minimum absolute atomic E-state index is 0.0260. The predicted molar refractivity (Wildman–Crippen MR) is 125 cm³/mol. The molecule has 0 aromatic carbocycles. The number of ether oxygens (including phenoxy) is 2. The number of rotatable bonds is 6. The lowest BCUT2D eigenvalue weighted by atomic mass is 9.62. The van der Waals surface area contributed by atoms with Gasteiger partial charge >= 0.3 is 11.9 Å². The molecule has 0 radical (unpaired) electrons. The van der Waals surface area contributed by atoms with Crippen LogP contribution in [0.15, 0.2) is 23.3 Å². The van der Waals surface area contributed by atoms with Gasteiger partial charge in [-0.05, 0) is 73.7 Å². The van der Waals surface area contributed by atoms with Gasteiger partial charge in [-0.15, -0.1) is 0 Å². The first-order valence-corrected chi connectivity index (χ1v) is 13.1. The first-order chi connectivity index (χ1) is 15.6. The highest BCUT2D eigenvalue weighted by molar-refractivity contribution is 5.83. The van der Waals surface area contributed by atoms with Crippen molar-refractivity contribution in [1.82, 2.24) is 0 Å². The van der Waals surface area contributed by atoms with Crippen molar-refractivity contribution in [1.29, 1.82) is 0 Å². The zero-order valence-corrected chi connectivity index (χ0v) is 20.8. The van der Waals surface area contributed by atoms with Crippen molar-refractivity contribution in [3.05, 3.63) is 23.3 Å². The topological polar surface area (TPSA) is 72.8 Å². The summed E-state index contributed by atoms with van der Waals surface area (Å²) in [6, 6.07) is 0. The van der Waals surface area contributed by atoms with E-state index in [0.717, 1.165) is 31.3 Å². The minimum Gasteiger partial charge on any atom is -0.462 e. The molecule has 1 aliphatic heterocycles. The predicted octanol–water partition coefficient (Wildman–Crippen LogP) is 4.83. The number of aliphatic hydroxyl groups is 1. The van der Waals surface area contributed by atoms with Crippen LogP contribution in [-0.2, 0) is 19.1 Å². The standard InChI is InChI=1S/C28H40O5/c1-14(2)21-11-17-10-18(29)12-24(33-27(31)28(5)22-13-23(22)28)26(17)20(16(21)4)7-6-19-8-15(3)9-25(30)32-19/h10-11,14-16,18-20,22-24,26,29H,6-9,12-13H2,1-5H3/t15?,16?,18?,19?,20?,22?,23?,24?,26-,28?/m0/s1. The zero-order chi connectivity index (χ0) is 23.7. The molecule has 1 N–H and O–H groups in total. The number of hydrogen-bond donors (Lipinski definition) is 1. The van der Waals surface area contributed by atoms with Crippen LogP contribution in [-0.4, -0.2) is 35.4 Å². The Morgan fingerprint density at radius 1 is 1.21 bits per heavy atom. The summed E-state index contributed by atoms with van der Waals surface area (Å²) in [5, 5.41) is 10.6. The number of carbonyl (C=O) groups is 2. The Hall–Kier alpha value is -1.62. The van der Waals surface area contributed by atoms with Crippen molar-refractivity contribution in [2.45, 2.75) is 91.5 Å². The fraction of sp³-hybridized carbons (Fsp3) is 0.786. The SMILES string of the molecule is CC1CC(=O)OC(CCC2C(C)C(C(C)C)=CC3=CC(O)CC(OC(=O)C4(C)C5CC54)[C@@H]32)C1. The lowest BCUT2D eigenvalue weighted by molar-refractivity contribution is -0.164. The van der Waals surface area contributed by atoms with E-state index in [1.54, 1.807) is 0 Å². The summed E-state index contributed by atoms with van der Waals surface area (Å²) in [4.78, 5) is 25.0. The lowest BCUT2D eigenvalue weighted by Crippen LogP contribution is -2.45. The maximum atomic E-state index is 13.1. The molecule has 2 saturated carbocycles. The van der Waals surface area contributed by atoms with Gasteiger partial charge in [-0.1, -0.05) is 45.4 Å². The van der Waals surface area contributed by atoms with E-state index in [4.69, 9.17) is 9.47 Å². The molecule has 8 unspecified atom stereocenters. The van der Waals surface area contributed by atoms with Crippen molar-refractivity contribution in [2.24, 2.45) is 46.8 Å². The quantitative estimate of drug-likeness (QED) is 0.580. The van der Waals surface area contributed by atoms with Gasteiger partial charge in [0.1, 0.15) is 12.2 Å². The monoisotopic (exact) mass is 456 g/mol. The molecule has 4 aliphatic carbocycles. The molecule has 0 bridgehead atoms. The highest BCUT2D eigenvalue weighted by Gasteiger charge is 2.78. The van der Waals surface area contributed by atoms with Crippen LogP contribution in [0.5, 0.6) is 0 Å². The average Bonchev–Trinajstić information content (AvgIpc) is 3.63. The molecule has 5 rings (SSSR count). The first-order valence-electron chi connectivity index (χ1n) is 13.1. The number of cyclic esters (lactones) is 1. The second-order valence-corrected chi connectivity index (χ2v) is 12.2. The van der Waals surface area contributed by atoms with Crippen molar-refractivity contribution < 1.29 is 24.2 Å². The highest BCUT2D eigenvalue weighted by atomic mass is 16.6. The van der Waals surface area contributed by atoms with Crippen LogP contribution >= 0.6 is 0 Å². The Bertz CT molecular complexity index is 877. The molecular formula is C28H40O5. The van der Waals surface area contributed by atoms with E-state index in [-0.39, 0.29) is 35.5 Å². The van der Waals surface area contributed by atoms with E-state index in [2.05, 4.69) is 33.8 Å². The summed E-state index contributed by atoms with van der Waals surface area (Å²) in [6.07, 6.45) is 8.16. The van der Waals surface area contributed by atoms with E-state index in [1.807, 2.05) is 13.0 Å². The van der Waals surface area contributed by atoms with Crippen LogP contribution in [0.25, 0.3) is 0 Å². The maximum absolute atomic E-state index is 13.1. The molecule has 1 heterocycles. The summed E-state index contributed by atoms with van der Waals surface area (Å²) in [5.74, 6) is 2.40. The van der Waals surface area contributed by atoms with Gasteiger partial charge in [0.2, 0.25) is 0 Å². The minimum atomic E-state index is -0.588. The molecule has 1 saturated heterocycles. The fourth-order valence-electron chi connectivity index (χ4n) is 7.24. The number of carbonyl (C=O) groups excluding carboxylic acids is 2. The first kappa shape index (κ1) is 23.1. The summed E-state index contributed by atoms with van der Waals surface area (Å²) < 4.78 is 11.9. The van der Waals surface area contributed by atoms with E-state index < -0.39 is 6.10 Å². The molecular weight excluding hydrogens is 416 g/mol. The summed E-state index contributed by atoms with van der Waals surface area (Å²) >= 11 is 0. The molecule has 0 aromatic heterocycles. The second kappa shape index (κ2) is 8.25. The molecule has 3 fully saturated rings. The normalized spacial score (nSPS) is 45.9. The van der Waals surface area contributed by atoms with Crippen LogP contribution in [0.2, 0.25) is 0 Å². The number of aliphatic hydroxyl groups excluding tert-OH is 1. The van der Waals surface area contributed by atoms with Crippen LogP contribution in [0.4, 0.5) is 0 Å². The van der Waals surface area contributed by atoms with Gasteiger partial charge in [0.15, 0.2) is 0 Å².